The predicted molar refractivity (Wildman–Crippen MR) is 115 cm³/mol. The Balaban J connectivity index is 1.50. The zero-order valence-electron chi connectivity index (χ0n) is 16.8. The van der Waals surface area contributed by atoms with Gasteiger partial charge in [0.05, 0.1) is 10.6 Å². The smallest absolute Gasteiger partial charge is 0.243 e. The Kier molecular flexibility index (Phi) is 5.43. The molecule has 152 valence electrons. The normalized spacial score (nSPS) is 17.2. The quantitative estimate of drug-likeness (QED) is 0.625. The summed E-state index contributed by atoms with van der Waals surface area (Å²) < 4.78 is 29.8. The van der Waals surface area contributed by atoms with Crippen molar-refractivity contribution >= 4 is 15.7 Å². The summed E-state index contributed by atoms with van der Waals surface area (Å²) in [5, 5.41) is 4.21. The van der Waals surface area contributed by atoms with Crippen molar-refractivity contribution in [3.05, 3.63) is 72.6 Å². The third kappa shape index (κ3) is 4.06. The molecule has 1 saturated heterocycles. The lowest BCUT2D eigenvalue weighted by molar-refractivity contribution is 0.401. The Bertz CT molecular complexity index is 1070. The van der Waals surface area contributed by atoms with Gasteiger partial charge < -0.3 is 4.90 Å². The highest BCUT2D eigenvalue weighted by molar-refractivity contribution is 7.89. The second-order valence-electron chi connectivity index (χ2n) is 7.62. The third-order valence-corrected chi connectivity index (χ3v) is 7.52. The highest BCUT2D eigenvalue weighted by atomic mass is 32.2. The lowest BCUT2D eigenvalue weighted by atomic mass is 10.1. The zero-order valence-corrected chi connectivity index (χ0v) is 17.6. The van der Waals surface area contributed by atoms with E-state index in [1.165, 1.54) is 9.99 Å². The monoisotopic (exact) mass is 410 g/mol. The molecule has 1 aromatic heterocycles. The molecule has 1 aliphatic rings. The highest BCUT2D eigenvalue weighted by Crippen LogP contribution is 2.27. The van der Waals surface area contributed by atoms with Gasteiger partial charge in [-0.1, -0.05) is 24.3 Å². The lowest BCUT2D eigenvalue weighted by Crippen LogP contribution is -2.33. The standard InChI is InChI=1S/C22H26N4O2S/c1-18-9-10-21(26-13-6-12-23-26)15-22(18)29(27,28)24(2)16-19-11-14-25(17-19)20-7-4-3-5-8-20/h3-10,12-13,15,19H,11,14,16-17H2,1-2H3. The molecule has 1 fully saturated rings. The Morgan fingerprint density at radius 3 is 2.62 bits per heavy atom. The summed E-state index contributed by atoms with van der Waals surface area (Å²) in [5.74, 6) is 0.310. The van der Waals surface area contributed by atoms with Gasteiger partial charge in [0.25, 0.3) is 0 Å². The van der Waals surface area contributed by atoms with E-state index in [0.717, 1.165) is 30.8 Å². The van der Waals surface area contributed by atoms with Crippen LogP contribution in [0.1, 0.15) is 12.0 Å². The van der Waals surface area contributed by atoms with Gasteiger partial charge in [-0.3, -0.25) is 0 Å². The van der Waals surface area contributed by atoms with Gasteiger partial charge in [-0.25, -0.2) is 17.4 Å². The average Bonchev–Trinajstić information content (AvgIpc) is 3.41. The number of benzene rings is 2. The Labute approximate surface area is 172 Å². The molecule has 0 spiro atoms. The Morgan fingerprint density at radius 2 is 1.90 bits per heavy atom. The predicted octanol–water partition coefficient (Wildman–Crippen LogP) is 3.33. The molecular formula is C22H26N4O2S. The number of nitrogens with zero attached hydrogens (tertiary/aromatic N) is 4. The summed E-state index contributed by atoms with van der Waals surface area (Å²) in [6, 6.07) is 17.5. The van der Waals surface area contributed by atoms with Crippen LogP contribution in [0.25, 0.3) is 5.69 Å². The summed E-state index contributed by atoms with van der Waals surface area (Å²) in [7, 11) is -1.90. The summed E-state index contributed by atoms with van der Waals surface area (Å²) in [6.45, 7) is 4.17. The van der Waals surface area contributed by atoms with Crippen molar-refractivity contribution in [1.82, 2.24) is 14.1 Å². The van der Waals surface area contributed by atoms with Crippen molar-refractivity contribution in [3.8, 4) is 5.69 Å². The molecule has 6 nitrogen and oxygen atoms in total. The molecule has 2 aromatic carbocycles. The van der Waals surface area contributed by atoms with E-state index < -0.39 is 10.0 Å². The summed E-state index contributed by atoms with van der Waals surface area (Å²) in [4.78, 5) is 2.67. The van der Waals surface area contributed by atoms with Crippen molar-refractivity contribution < 1.29 is 8.42 Å². The highest BCUT2D eigenvalue weighted by Gasteiger charge is 2.29. The molecule has 3 aromatic rings. The summed E-state index contributed by atoms with van der Waals surface area (Å²) >= 11 is 0. The number of aryl methyl sites for hydroxylation is 1. The van der Waals surface area contributed by atoms with Crippen LogP contribution in [-0.4, -0.2) is 49.2 Å². The van der Waals surface area contributed by atoms with Crippen LogP contribution in [-0.2, 0) is 10.0 Å². The number of anilines is 1. The maximum absolute atomic E-state index is 13.3. The van der Waals surface area contributed by atoms with Crippen LogP contribution in [0.15, 0.2) is 71.9 Å². The molecular weight excluding hydrogens is 384 g/mol. The number of hydrogen-bond donors (Lipinski definition) is 0. The van der Waals surface area contributed by atoms with Crippen LogP contribution in [0.4, 0.5) is 5.69 Å². The van der Waals surface area contributed by atoms with Gasteiger partial charge >= 0.3 is 0 Å². The first-order valence-corrected chi connectivity index (χ1v) is 11.3. The number of aromatic nitrogens is 2. The largest absolute Gasteiger partial charge is 0.371 e. The zero-order chi connectivity index (χ0) is 20.4. The van der Waals surface area contributed by atoms with E-state index in [-0.39, 0.29) is 0 Å². The van der Waals surface area contributed by atoms with Crippen LogP contribution in [0.2, 0.25) is 0 Å². The van der Waals surface area contributed by atoms with Gasteiger partial charge in [0.15, 0.2) is 0 Å². The van der Waals surface area contributed by atoms with Crippen molar-refractivity contribution in [3.63, 3.8) is 0 Å². The second kappa shape index (κ2) is 8.00. The lowest BCUT2D eigenvalue weighted by Gasteiger charge is -2.23. The van der Waals surface area contributed by atoms with Crippen LogP contribution in [0, 0.1) is 12.8 Å². The Hall–Kier alpha value is -2.64. The third-order valence-electron chi connectivity index (χ3n) is 5.55. The van der Waals surface area contributed by atoms with E-state index in [0.29, 0.717) is 17.4 Å². The fourth-order valence-electron chi connectivity index (χ4n) is 3.92. The van der Waals surface area contributed by atoms with E-state index in [1.807, 2.05) is 49.5 Å². The maximum Gasteiger partial charge on any atom is 0.243 e. The first-order valence-electron chi connectivity index (χ1n) is 9.82. The molecule has 0 amide bonds. The second-order valence-corrected chi connectivity index (χ2v) is 9.64. The molecule has 0 bridgehead atoms. The molecule has 29 heavy (non-hydrogen) atoms. The first kappa shape index (κ1) is 19.7. The average molecular weight is 411 g/mol. The minimum Gasteiger partial charge on any atom is -0.371 e. The molecule has 0 radical (unpaired) electrons. The molecule has 1 aliphatic heterocycles. The van der Waals surface area contributed by atoms with Crippen molar-refractivity contribution in [1.29, 1.82) is 0 Å². The van der Waals surface area contributed by atoms with Gasteiger partial charge in [-0.15, -0.1) is 0 Å². The topological polar surface area (TPSA) is 58.4 Å². The molecule has 0 N–H and O–H groups in total. The summed E-state index contributed by atoms with van der Waals surface area (Å²) in [6.07, 6.45) is 4.47. The molecule has 0 saturated carbocycles. The van der Waals surface area contributed by atoms with Crippen LogP contribution >= 0.6 is 0 Å². The van der Waals surface area contributed by atoms with Crippen molar-refractivity contribution in [2.75, 3.05) is 31.6 Å². The Morgan fingerprint density at radius 1 is 1.10 bits per heavy atom. The summed E-state index contributed by atoms with van der Waals surface area (Å²) in [5.41, 5.74) is 2.68. The fourth-order valence-corrected chi connectivity index (χ4v) is 5.40. The molecule has 0 aliphatic carbocycles. The van der Waals surface area contributed by atoms with Crippen LogP contribution in [0.3, 0.4) is 0 Å². The van der Waals surface area contributed by atoms with E-state index in [2.05, 4.69) is 22.1 Å². The van der Waals surface area contributed by atoms with E-state index in [9.17, 15) is 8.42 Å². The number of para-hydroxylation sites is 1. The maximum atomic E-state index is 13.3. The minimum absolute atomic E-state index is 0.310. The molecule has 2 heterocycles. The van der Waals surface area contributed by atoms with E-state index in [4.69, 9.17) is 0 Å². The minimum atomic E-state index is -3.58. The molecule has 4 rings (SSSR count). The van der Waals surface area contributed by atoms with E-state index in [1.54, 1.807) is 24.0 Å². The van der Waals surface area contributed by atoms with Gasteiger partial charge in [0.1, 0.15) is 0 Å². The van der Waals surface area contributed by atoms with Gasteiger partial charge in [-0.2, -0.15) is 5.10 Å². The molecule has 7 heteroatoms. The first-order chi connectivity index (χ1) is 13.9. The number of sulfonamides is 1. The van der Waals surface area contributed by atoms with Crippen LogP contribution in [0.5, 0.6) is 0 Å². The van der Waals surface area contributed by atoms with Crippen molar-refractivity contribution in [2.24, 2.45) is 5.92 Å². The number of hydrogen-bond acceptors (Lipinski definition) is 4. The molecule has 1 atom stereocenters. The van der Waals surface area contributed by atoms with Crippen molar-refractivity contribution in [2.45, 2.75) is 18.2 Å². The van der Waals surface area contributed by atoms with Gasteiger partial charge in [0.2, 0.25) is 10.0 Å². The molecule has 1 unspecified atom stereocenters. The van der Waals surface area contributed by atoms with Gasteiger partial charge in [-0.05, 0) is 55.2 Å². The van der Waals surface area contributed by atoms with E-state index >= 15 is 0 Å². The van der Waals surface area contributed by atoms with Crippen LogP contribution < -0.4 is 4.90 Å². The SMILES string of the molecule is Cc1ccc(-n2cccn2)cc1S(=O)(=O)N(C)CC1CCN(c2ccccc2)C1. The van der Waals surface area contributed by atoms with Gasteiger partial charge in [0, 0.05) is 44.8 Å². The fraction of sp³-hybridized carbons (Fsp3) is 0.318. The number of rotatable bonds is 6.